The van der Waals surface area contributed by atoms with E-state index in [0.717, 1.165) is 25.4 Å². The number of hydrogen-bond donors (Lipinski definition) is 2. The van der Waals surface area contributed by atoms with Gasteiger partial charge in [0, 0.05) is 19.1 Å². The molecule has 0 heterocycles. The van der Waals surface area contributed by atoms with Crippen LogP contribution in [-0.2, 0) is 4.79 Å². The Hall–Kier alpha value is -0.610. The van der Waals surface area contributed by atoms with Crippen molar-refractivity contribution in [3.05, 3.63) is 0 Å². The molecular formula is C15H29N3O. The van der Waals surface area contributed by atoms with Gasteiger partial charge < -0.3 is 16.0 Å². The third-order valence-corrected chi connectivity index (χ3v) is 4.33. The molecule has 0 aliphatic heterocycles. The van der Waals surface area contributed by atoms with E-state index in [4.69, 9.17) is 5.73 Å². The highest BCUT2D eigenvalue weighted by atomic mass is 16.1. The van der Waals surface area contributed by atoms with Crippen molar-refractivity contribution in [1.82, 2.24) is 10.2 Å². The summed E-state index contributed by atoms with van der Waals surface area (Å²) in [6, 6.07) is 0.514. The molecule has 3 N–H and O–H groups in total. The predicted octanol–water partition coefficient (Wildman–Crippen LogP) is 1.49. The first kappa shape index (κ1) is 14.8. The van der Waals surface area contributed by atoms with Crippen LogP contribution < -0.4 is 11.1 Å². The van der Waals surface area contributed by atoms with E-state index in [0.29, 0.717) is 6.04 Å². The Labute approximate surface area is 117 Å². The molecule has 19 heavy (non-hydrogen) atoms. The van der Waals surface area contributed by atoms with Gasteiger partial charge in [0.05, 0.1) is 5.54 Å². The van der Waals surface area contributed by atoms with Crippen molar-refractivity contribution in [3.8, 4) is 0 Å². The molecule has 2 aliphatic carbocycles. The van der Waals surface area contributed by atoms with Crippen LogP contribution in [0.4, 0.5) is 0 Å². The summed E-state index contributed by atoms with van der Waals surface area (Å²) in [6.07, 6.45) is 7.14. The van der Waals surface area contributed by atoms with Gasteiger partial charge in [-0.25, -0.2) is 0 Å². The second-order valence-corrected chi connectivity index (χ2v) is 6.61. The normalized spacial score (nSPS) is 22.5. The van der Waals surface area contributed by atoms with Gasteiger partial charge in [-0.2, -0.15) is 0 Å². The number of primary amides is 1. The molecule has 1 atom stereocenters. The van der Waals surface area contributed by atoms with E-state index in [2.05, 4.69) is 17.1 Å². The summed E-state index contributed by atoms with van der Waals surface area (Å²) in [5, 5.41) is 3.43. The maximum atomic E-state index is 11.7. The minimum Gasteiger partial charge on any atom is -0.368 e. The average molecular weight is 267 g/mol. The first-order valence-corrected chi connectivity index (χ1v) is 7.83. The number of amides is 1. The topological polar surface area (TPSA) is 58.4 Å². The van der Waals surface area contributed by atoms with Crippen LogP contribution in [0.3, 0.4) is 0 Å². The van der Waals surface area contributed by atoms with Crippen molar-refractivity contribution in [3.63, 3.8) is 0 Å². The summed E-state index contributed by atoms with van der Waals surface area (Å²) in [5.74, 6) is 0.699. The first-order valence-electron chi connectivity index (χ1n) is 7.83. The van der Waals surface area contributed by atoms with E-state index in [9.17, 15) is 4.79 Å². The molecule has 2 fully saturated rings. The van der Waals surface area contributed by atoms with Crippen LogP contribution in [0, 0.1) is 5.92 Å². The molecular weight excluding hydrogens is 238 g/mol. The average Bonchev–Trinajstić information content (AvgIpc) is 3.22. The van der Waals surface area contributed by atoms with E-state index >= 15 is 0 Å². The molecule has 1 amide bonds. The fourth-order valence-electron chi connectivity index (χ4n) is 2.60. The molecule has 0 bridgehead atoms. The minimum absolute atomic E-state index is 0.206. The number of rotatable bonds is 10. The van der Waals surface area contributed by atoms with Crippen LogP contribution in [0.15, 0.2) is 0 Å². The number of nitrogens with one attached hydrogen (secondary N) is 1. The summed E-state index contributed by atoms with van der Waals surface area (Å²) in [4.78, 5) is 14.2. The van der Waals surface area contributed by atoms with Gasteiger partial charge in [0.1, 0.15) is 0 Å². The zero-order valence-corrected chi connectivity index (χ0v) is 12.5. The number of nitrogens with zero attached hydrogens (tertiary/aromatic N) is 1. The predicted molar refractivity (Wildman–Crippen MR) is 77.8 cm³/mol. The highest BCUT2D eigenvalue weighted by molar-refractivity contribution is 5.84. The molecule has 2 aliphatic rings. The van der Waals surface area contributed by atoms with Crippen molar-refractivity contribution in [2.24, 2.45) is 11.7 Å². The van der Waals surface area contributed by atoms with Crippen molar-refractivity contribution in [2.75, 3.05) is 19.6 Å². The number of nitrogens with two attached hydrogens (primary N) is 1. The Morgan fingerprint density at radius 2 is 2.00 bits per heavy atom. The fourth-order valence-corrected chi connectivity index (χ4v) is 2.60. The van der Waals surface area contributed by atoms with E-state index in [1.165, 1.54) is 38.6 Å². The number of carbonyl (C=O) groups is 1. The first-order chi connectivity index (χ1) is 9.03. The van der Waals surface area contributed by atoms with Gasteiger partial charge in [-0.1, -0.05) is 6.92 Å². The van der Waals surface area contributed by atoms with Crippen LogP contribution in [0.25, 0.3) is 0 Å². The van der Waals surface area contributed by atoms with E-state index in [-0.39, 0.29) is 5.91 Å². The van der Waals surface area contributed by atoms with Crippen LogP contribution in [0.2, 0.25) is 0 Å². The van der Waals surface area contributed by atoms with Crippen LogP contribution >= 0.6 is 0 Å². The quantitative estimate of drug-likeness (QED) is 0.630. The van der Waals surface area contributed by atoms with Crippen LogP contribution in [0.1, 0.15) is 52.4 Å². The van der Waals surface area contributed by atoms with Crippen molar-refractivity contribution >= 4 is 5.91 Å². The van der Waals surface area contributed by atoms with Gasteiger partial charge in [-0.3, -0.25) is 4.79 Å². The van der Waals surface area contributed by atoms with Gasteiger partial charge in [-0.05, 0) is 57.9 Å². The van der Waals surface area contributed by atoms with Gasteiger partial charge in [0.15, 0.2) is 0 Å². The summed E-state index contributed by atoms with van der Waals surface area (Å²) in [7, 11) is 0. The number of hydrogen-bond acceptors (Lipinski definition) is 3. The van der Waals surface area contributed by atoms with Gasteiger partial charge in [0.2, 0.25) is 5.91 Å². The minimum atomic E-state index is -0.531. The maximum absolute atomic E-state index is 11.7. The molecule has 2 rings (SSSR count). The second-order valence-electron chi connectivity index (χ2n) is 6.61. The largest absolute Gasteiger partial charge is 0.368 e. The monoisotopic (exact) mass is 267 g/mol. The molecule has 1 unspecified atom stereocenters. The molecule has 0 radical (unpaired) electrons. The second kappa shape index (κ2) is 6.23. The lowest BCUT2D eigenvalue weighted by Crippen LogP contribution is -2.55. The molecule has 0 spiro atoms. The van der Waals surface area contributed by atoms with Crippen LogP contribution in [-0.4, -0.2) is 42.0 Å². The Kier molecular flexibility index (Phi) is 4.85. The Morgan fingerprint density at radius 3 is 2.47 bits per heavy atom. The lowest BCUT2D eigenvalue weighted by molar-refractivity contribution is -0.124. The molecule has 0 aromatic heterocycles. The molecule has 4 nitrogen and oxygen atoms in total. The van der Waals surface area contributed by atoms with Crippen molar-refractivity contribution in [2.45, 2.75) is 64.0 Å². The standard InChI is InChI=1S/C15H29N3O/c1-3-9-18(11-12-4-5-12)10-8-15(2,14(16)19)17-13-6-7-13/h12-13,17H,3-11H2,1-2H3,(H2,16,19). The SMILES string of the molecule is CCCN(CCC(C)(NC1CC1)C(N)=O)CC1CC1. The summed E-state index contributed by atoms with van der Waals surface area (Å²) < 4.78 is 0. The zero-order valence-electron chi connectivity index (χ0n) is 12.5. The Morgan fingerprint density at radius 1 is 1.32 bits per heavy atom. The molecule has 2 saturated carbocycles. The third kappa shape index (κ3) is 4.77. The van der Waals surface area contributed by atoms with Gasteiger partial charge in [0.25, 0.3) is 0 Å². The number of carbonyl (C=O) groups excluding carboxylic acids is 1. The lowest BCUT2D eigenvalue weighted by atomic mass is 9.96. The third-order valence-electron chi connectivity index (χ3n) is 4.33. The molecule has 0 aromatic rings. The summed E-state index contributed by atoms with van der Waals surface area (Å²) >= 11 is 0. The highest BCUT2D eigenvalue weighted by Crippen LogP contribution is 2.30. The van der Waals surface area contributed by atoms with Gasteiger partial charge >= 0.3 is 0 Å². The lowest BCUT2D eigenvalue weighted by Gasteiger charge is -2.31. The van der Waals surface area contributed by atoms with Crippen molar-refractivity contribution in [1.29, 1.82) is 0 Å². The fraction of sp³-hybridized carbons (Fsp3) is 0.933. The summed E-state index contributed by atoms with van der Waals surface area (Å²) in [5.41, 5.74) is 5.07. The summed E-state index contributed by atoms with van der Waals surface area (Å²) in [6.45, 7) is 7.49. The van der Waals surface area contributed by atoms with Gasteiger partial charge in [-0.15, -0.1) is 0 Å². The van der Waals surface area contributed by atoms with E-state index in [1.54, 1.807) is 0 Å². The molecule has 4 heteroatoms. The van der Waals surface area contributed by atoms with E-state index in [1.807, 2.05) is 6.92 Å². The molecule has 0 aromatic carbocycles. The Balaban J connectivity index is 1.82. The highest BCUT2D eigenvalue weighted by Gasteiger charge is 2.37. The van der Waals surface area contributed by atoms with E-state index < -0.39 is 5.54 Å². The molecule has 0 saturated heterocycles. The van der Waals surface area contributed by atoms with Crippen LogP contribution in [0.5, 0.6) is 0 Å². The molecule has 110 valence electrons. The smallest absolute Gasteiger partial charge is 0.237 e. The maximum Gasteiger partial charge on any atom is 0.237 e. The Bertz CT molecular complexity index is 313. The zero-order chi connectivity index (χ0) is 13.9. The van der Waals surface area contributed by atoms with Crippen molar-refractivity contribution < 1.29 is 4.79 Å².